The molecule has 0 atom stereocenters. The fraction of sp³-hybridized carbons (Fsp3) is 0.138. The highest BCUT2D eigenvalue weighted by molar-refractivity contribution is 7.92. The normalized spacial score (nSPS) is 11.2. The maximum atomic E-state index is 14.6. The molecule has 0 radical (unpaired) electrons. The Morgan fingerprint density at radius 3 is 2.31 bits per heavy atom. The molecule has 0 unspecified atom stereocenters. The van der Waals surface area contributed by atoms with E-state index < -0.39 is 27.6 Å². The van der Waals surface area contributed by atoms with E-state index in [0.29, 0.717) is 35.0 Å². The van der Waals surface area contributed by atoms with Crippen LogP contribution in [0.25, 0.3) is 0 Å². The molecule has 0 heterocycles. The number of halogens is 2. The number of benzene rings is 4. The molecule has 0 spiro atoms. The number of anilines is 2. The number of carboxylic acid groups (broad SMARTS) is 1. The summed E-state index contributed by atoms with van der Waals surface area (Å²) in [5.74, 6) is -1.55. The zero-order valence-corrected chi connectivity index (χ0v) is 22.0. The highest BCUT2D eigenvalue weighted by atomic mass is 32.2. The van der Waals surface area contributed by atoms with Crippen LogP contribution in [0.3, 0.4) is 0 Å². The smallest absolute Gasteiger partial charge is 0.335 e. The van der Waals surface area contributed by atoms with E-state index in [1.807, 2.05) is 17.0 Å². The van der Waals surface area contributed by atoms with Gasteiger partial charge in [-0.25, -0.2) is 22.0 Å². The molecule has 4 aromatic rings. The van der Waals surface area contributed by atoms with Gasteiger partial charge in [-0.1, -0.05) is 30.3 Å². The lowest BCUT2D eigenvalue weighted by atomic mass is 10.1. The second-order valence-corrected chi connectivity index (χ2v) is 10.7. The van der Waals surface area contributed by atoms with Gasteiger partial charge in [0.15, 0.2) is 0 Å². The minimum atomic E-state index is -3.53. The largest absolute Gasteiger partial charge is 0.478 e. The molecule has 0 fully saturated rings. The summed E-state index contributed by atoms with van der Waals surface area (Å²) in [7, 11) is -3.53. The summed E-state index contributed by atoms with van der Waals surface area (Å²) >= 11 is 0. The summed E-state index contributed by atoms with van der Waals surface area (Å²) in [6.07, 6.45) is 1.06. The van der Waals surface area contributed by atoms with Gasteiger partial charge in [-0.15, -0.1) is 0 Å². The van der Waals surface area contributed by atoms with E-state index in [1.54, 1.807) is 49.4 Å². The number of aromatic carboxylic acids is 1. The van der Waals surface area contributed by atoms with Crippen LogP contribution in [0.15, 0.2) is 84.9 Å². The fourth-order valence-electron chi connectivity index (χ4n) is 4.07. The van der Waals surface area contributed by atoms with Crippen LogP contribution < -0.4 is 14.4 Å². The lowest BCUT2D eigenvalue weighted by Gasteiger charge is -2.28. The summed E-state index contributed by atoms with van der Waals surface area (Å²) in [6.45, 7) is 2.17. The Bertz CT molecular complexity index is 1610. The van der Waals surface area contributed by atoms with Crippen molar-refractivity contribution < 1.29 is 31.8 Å². The fourth-order valence-corrected chi connectivity index (χ4v) is 4.69. The highest BCUT2D eigenvalue weighted by Crippen LogP contribution is 2.31. The van der Waals surface area contributed by atoms with Gasteiger partial charge in [0.05, 0.1) is 17.5 Å². The predicted molar refractivity (Wildman–Crippen MR) is 146 cm³/mol. The van der Waals surface area contributed by atoms with E-state index in [2.05, 4.69) is 4.72 Å². The number of carbonyl (C=O) groups is 1. The van der Waals surface area contributed by atoms with Crippen molar-refractivity contribution in [1.82, 2.24) is 0 Å². The zero-order valence-electron chi connectivity index (χ0n) is 21.2. The highest BCUT2D eigenvalue weighted by Gasteiger charge is 2.17. The quantitative estimate of drug-likeness (QED) is 0.238. The first-order chi connectivity index (χ1) is 18.5. The van der Waals surface area contributed by atoms with Crippen LogP contribution in [-0.2, 0) is 23.1 Å². The van der Waals surface area contributed by atoms with Gasteiger partial charge in [0.25, 0.3) is 0 Å². The topological polar surface area (TPSA) is 95.9 Å². The van der Waals surface area contributed by atoms with E-state index in [4.69, 9.17) is 4.74 Å². The molecular formula is C29H26F2N2O5S. The molecule has 0 aromatic heterocycles. The van der Waals surface area contributed by atoms with Crippen molar-refractivity contribution in [3.8, 4) is 11.5 Å². The van der Waals surface area contributed by atoms with Crippen molar-refractivity contribution in [1.29, 1.82) is 0 Å². The van der Waals surface area contributed by atoms with Crippen LogP contribution in [0.5, 0.6) is 11.5 Å². The molecule has 0 aliphatic carbocycles. The van der Waals surface area contributed by atoms with E-state index >= 15 is 0 Å². The number of rotatable bonds is 10. The Morgan fingerprint density at radius 1 is 0.923 bits per heavy atom. The number of hydrogen-bond acceptors (Lipinski definition) is 5. The molecule has 10 heteroatoms. The van der Waals surface area contributed by atoms with Crippen LogP contribution in [0.1, 0.15) is 27.0 Å². The molecule has 2 N–H and O–H groups in total. The van der Waals surface area contributed by atoms with E-state index in [1.165, 1.54) is 24.3 Å². The molecule has 4 rings (SSSR count). The van der Waals surface area contributed by atoms with Crippen LogP contribution in [0.4, 0.5) is 20.2 Å². The van der Waals surface area contributed by atoms with Crippen molar-refractivity contribution in [2.24, 2.45) is 0 Å². The predicted octanol–water partition coefficient (Wildman–Crippen LogP) is 6.34. The van der Waals surface area contributed by atoms with Crippen LogP contribution in [0, 0.1) is 18.6 Å². The van der Waals surface area contributed by atoms with E-state index in [9.17, 15) is 27.1 Å². The molecule has 0 aliphatic rings. The number of carboxylic acids is 1. The number of nitrogens with zero attached hydrogens (tertiary/aromatic N) is 1. The summed E-state index contributed by atoms with van der Waals surface area (Å²) < 4.78 is 60.1. The second kappa shape index (κ2) is 11.5. The Labute approximate surface area is 225 Å². The lowest BCUT2D eigenvalue weighted by Crippen LogP contribution is -2.24. The Morgan fingerprint density at radius 2 is 1.64 bits per heavy atom. The summed E-state index contributed by atoms with van der Waals surface area (Å²) in [5.41, 5.74) is 2.92. The molecule has 0 bridgehead atoms. The number of sulfonamides is 1. The van der Waals surface area contributed by atoms with Gasteiger partial charge in [-0.3, -0.25) is 4.72 Å². The standard InChI is InChI=1S/C29H26F2N2O5S/c1-19-27(32-39(2,36)37)7-4-8-28(19)33(18-22-11-12-23(30)16-26(22)31)17-20-9-13-24(14-10-20)38-25-6-3-5-21(15-25)29(34)35/h3-16,32H,17-18H2,1-2H3,(H,34,35). The third-order valence-corrected chi connectivity index (χ3v) is 6.52. The molecule has 4 aromatic carbocycles. The summed E-state index contributed by atoms with van der Waals surface area (Å²) in [5, 5.41) is 9.18. The molecule has 0 saturated carbocycles. The Kier molecular flexibility index (Phi) is 8.15. The monoisotopic (exact) mass is 552 g/mol. The van der Waals surface area contributed by atoms with E-state index in [0.717, 1.165) is 17.9 Å². The third kappa shape index (κ3) is 7.32. The Hall–Kier alpha value is -4.44. The molecule has 0 aliphatic heterocycles. The first kappa shape index (κ1) is 27.6. The number of hydrogen-bond donors (Lipinski definition) is 2. The van der Waals surface area contributed by atoms with Gasteiger partial charge in [-0.05, 0) is 66.6 Å². The third-order valence-electron chi connectivity index (χ3n) is 5.93. The molecule has 0 amide bonds. The number of nitrogens with one attached hydrogen (secondary N) is 1. The summed E-state index contributed by atoms with van der Waals surface area (Å²) in [6, 6.07) is 21.8. The molecule has 39 heavy (non-hydrogen) atoms. The molecular weight excluding hydrogens is 526 g/mol. The van der Waals surface area contributed by atoms with Crippen LogP contribution >= 0.6 is 0 Å². The average Bonchev–Trinajstić information content (AvgIpc) is 2.87. The minimum absolute atomic E-state index is 0.0928. The van der Waals surface area contributed by atoms with Crippen LogP contribution in [-0.4, -0.2) is 25.7 Å². The van der Waals surface area contributed by atoms with Gasteiger partial charge in [0, 0.05) is 30.4 Å². The van der Waals surface area contributed by atoms with Crippen molar-refractivity contribution in [2.75, 3.05) is 15.9 Å². The van der Waals surface area contributed by atoms with Gasteiger partial charge in [-0.2, -0.15) is 0 Å². The SMILES string of the molecule is Cc1c(NS(C)(=O)=O)cccc1N(Cc1ccc(Oc2cccc(C(=O)O)c2)cc1)Cc1ccc(F)cc1F. The van der Waals surface area contributed by atoms with Crippen molar-refractivity contribution in [2.45, 2.75) is 20.0 Å². The van der Waals surface area contributed by atoms with Gasteiger partial charge < -0.3 is 14.7 Å². The molecule has 202 valence electrons. The second-order valence-electron chi connectivity index (χ2n) is 8.99. The zero-order chi connectivity index (χ0) is 28.2. The van der Waals surface area contributed by atoms with Gasteiger partial charge >= 0.3 is 5.97 Å². The lowest BCUT2D eigenvalue weighted by molar-refractivity contribution is 0.0696. The van der Waals surface area contributed by atoms with Gasteiger partial charge in [0.2, 0.25) is 10.0 Å². The average molecular weight is 553 g/mol. The molecule has 0 saturated heterocycles. The molecule has 7 nitrogen and oxygen atoms in total. The van der Waals surface area contributed by atoms with Crippen molar-refractivity contribution in [3.05, 3.63) is 119 Å². The van der Waals surface area contributed by atoms with Gasteiger partial charge in [0.1, 0.15) is 23.1 Å². The number of ether oxygens (including phenoxy) is 1. The maximum Gasteiger partial charge on any atom is 0.335 e. The minimum Gasteiger partial charge on any atom is -0.478 e. The van der Waals surface area contributed by atoms with Crippen molar-refractivity contribution >= 4 is 27.4 Å². The maximum absolute atomic E-state index is 14.6. The first-order valence-electron chi connectivity index (χ1n) is 11.8. The first-order valence-corrected chi connectivity index (χ1v) is 13.7. The van der Waals surface area contributed by atoms with E-state index in [-0.39, 0.29) is 17.7 Å². The summed E-state index contributed by atoms with van der Waals surface area (Å²) in [4.78, 5) is 13.1. The van der Waals surface area contributed by atoms with Crippen molar-refractivity contribution in [3.63, 3.8) is 0 Å². The Balaban J connectivity index is 1.62. The van der Waals surface area contributed by atoms with Crippen LogP contribution in [0.2, 0.25) is 0 Å².